The number of aliphatic carboxylic acids is 1. The second-order valence-corrected chi connectivity index (χ2v) is 7.13. The van der Waals surface area contributed by atoms with Gasteiger partial charge in [-0.1, -0.05) is 26.0 Å². The summed E-state index contributed by atoms with van der Waals surface area (Å²) in [6.45, 7) is 6.19. The topological polar surface area (TPSA) is 99.8 Å². The summed E-state index contributed by atoms with van der Waals surface area (Å²) in [6.07, 6.45) is -0.402. The molecule has 3 N–H and O–H groups in total. The molecule has 0 saturated heterocycles. The molecule has 0 aliphatic carbocycles. The summed E-state index contributed by atoms with van der Waals surface area (Å²) in [7, 11) is 0. The fraction of sp³-hybridized carbons (Fsp3) is 0.273. The summed E-state index contributed by atoms with van der Waals surface area (Å²) in [6, 6.07) is 11.2. The zero-order valence-corrected chi connectivity index (χ0v) is 16.1. The first-order valence-corrected chi connectivity index (χ1v) is 9.10. The van der Waals surface area contributed by atoms with Gasteiger partial charge in [-0.25, -0.2) is 4.79 Å². The number of carbonyl (C=O) groups is 1. The van der Waals surface area contributed by atoms with Crippen molar-refractivity contribution in [3.05, 3.63) is 69.1 Å². The van der Waals surface area contributed by atoms with Crippen molar-refractivity contribution in [2.24, 2.45) is 0 Å². The van der Waals surface area contributed by atoms with Crippen LogP contribution in [0.25, 0.3) is 11.0 Å². The molecule has 6 heteroatoms. The predicted octanol–water partition coefficient (Wildman–Crippen LogP) is 4.17. The van der Waals surface area contributed by atoms with E-state index >= 15 is 0 Å². The van der Waals surface area contributed by atoms with Gasteiger partial charge in [0, 0.05) is 17.6 Å². The van der Waals surface area contributed by atoms with E-state index in [0.717, 1.165) is 5.69 Å². The second-order valence-electron chi connectivity index (χ2n) is 7.13. The zero-order chi connectivity index (χ0) is 20.4. The molecule has 0 spiro atoms. The van der Waals surface area contributed by atoms with E-state index in [1.807, 2.05) is 24.3 Å². The number of aryl methyl sites for hydroxylation is 1. The average Bonchev–Trinajstić information content (AvgIpc) is 2.64. The van der Waals surface area contributed by atoms with Crippen LogP contribution in [0.1, 0.15) is 42.0 Å². The molecule has 0 radical (unpaired) electrons. The van der Waals surface area contributed by atoms with Crippen molar-refractivity contribution in [1.82, 2.24) is 0 Å². The van der Waals surface area contributed by atoms with Crippen LogP contribution in [0.3, 0.4) is 0 Å². The lowest BCUT2D eigenvalue weighted by atomic mass is 10.0. The van der Waals surface area contributed by atoms with Gasteiger partial charge in [-0.2, -0.15) is 0 Å². The van der Waals surface area contributed by atoms with Gasteiger partial charge in [0.15, 0.2) is 0 Å². The number of phenolic OH excluding ortho intramolecular Hbond substituents is 1. The number of nitrogens with one attached hydrogen (secondary N) is 1. The normalized spacial score (nSPS) is 11.1. The van der Waals surface area contributed by atoms with Crippen LogP contribution in [-0.4, -0.2) is 16.2 Å². The highest BCUT2D eigenvalue weighted by atomic mass is 16.4. The number of phenols is 1. The number of carboxylic acid groups (broad SMARTS) is 1. The Hall–Kier alpha value is -3.28. The van der Waals surface area contributed by atoms with Gasteiger partial charge in [0.1, 0.15) is 11.3 Å². The maximum atomic E-state index is 12.3. The number of fused-ring (bicyclic) bond motifs is 1. The van der Waals surface area contributed by atoms with Crippen molar-refractivity contribution in [2.75, 3.05) is 5.32 Å². The molecule has 3 rings (SSSR count). The Bertz CT molecular complexity index is 1080. The standard InChI is InChI=1S/C22H23NO5/c1-12(2)14-4-6-15(7-5-14)23-11-18-19(24)9-8-16-13(3)17(10-20(25)26)22(27)28-21(16)18/h4-9,12,23-24H,10-11H2,1-3H3,(H,25,26). The summed E-state index contributed by atoms with van der Waals surface area (Å²) < 4.78 is 5.41. The van der Waals surface area contributed by atoms with E-state index in [0.29, 0.717) is 22.4 Å². The second kappa shape index (κ2) is 7.76. The predicted molar refractivity (Wildman–Crippen MR) is 108 cm³/mol. The number of rotatable bonds is 6. The maximum absolute atomic E-state index is 12.3. The molecule has 0 aliphatic rings. The zero-order valence-electron chi connectivity index (χ0n) is 16.1. The highest BCUT2D eigenvalue weighted by Gasteiger charge is 2.18. The molecule has 0 aliphatic heterocycles. The van der Waals surface area contributed by atoms with Crippen LogP contribution < -0.4 is 10.9 Å². The van der Waals surface area contributed by atoms with Gasteiger partial charge >= 0.3 is 11.6 Å². The van der Waals surface area contributed by atoms with Crippen LogP contribution in [-0.2, 0) is 17.8 Å². The van der Waals surface area contributed by atoms with Crippen molar-refractivity contribution >= 4 is 22.6 Å². The lowest BCUT2D eigenvalue weighted by Gasteiger charge is -2.13. The molecular formula is C22H23NO5. The maximum Gasteiger partial charge on any atom is 0.340 e. The van der Waals surface area contributed by atoms with Crippen LogP contribution in [0.5, 0.6) is 5.75 Å². The van der Waals surface area contributed by atoms with E-state index in [1.165, 1.54) is 11.6 Å². The Morgan fingerprint density at radius 2 is 1.79 bits per heavy atom. The Morgan fingerprint density at radius 3 is 2.39 bits per heavy atom. The number of aromatic hydroxyl groups is 1. The van der Waals surface area contributed by atoms with Gasteiger partial charge in [0.25, 0.3) is 0 Å². The monoisotopic (exact) mass is 381 g/mol. The first-order valence-electron chi connectivity index (χ1n) is 9.10. The van der Waals surface area contributed by atoms with Crippen molar-refractivity contribution in [3.63, 3.8) is 0 Å². The fourth-order valence-electron chi connectivity index (χ4n) is 3.20. The number of benzene rings is 2. The van der Waals surface area contributed by atoms with E-state index in [-0.39, 0.29) is 23.4 Å². The molecule has 28 heavy (non-hydrogen) atoms. The van der Waals surface area contributed by atoms with Crippen LogP contribution in [0.4, 0.5) is 5.69 Å². The molecular weight excluding hydrogens is 358 g/mol. The Morgan fingerprint density at radius 1 is 1.11 bits per heavy atom. The summed E-state index contributed by atoms with van der Waals surface area (Å²) in [5.41, 5.74) is 2.80. The number of hydrogen-bond donors (Lipinski definition) is 3. The van der Waals surface area contributed by atoms with E-state index in [9.17, 15) is 14.7 Å². The molecule has 1 aromatic heterocycles. The molecule has 1 heterocycles. The highest BCUT2D eigenvalue weighted by molar-refractivity contribution is 5.87. The van der Waals surface area contributed by atoms with Gasteiger partial charge in [-0.3, -0.25) is 4.79 Å². The van der Waals surface area contributed by atoms with Crippen molar-refractivity contribution in [1.29, 1.82) is 0 Å². The lowest BCUT2D eigenvalue weighted by Crippen LogP contribution is -2.15. The first kappa shape index (κ1) is 19.5. The third-order valence-corrected chi connectivity index (χ3v) is 4.91. The van der Waals surface area contributed by atoms with Crippen molar-refractivity contribution < 1.29 is 19.4 Å². The molecule has 3 aromatic rings. The molecule has 0 saturated carbocycles. The quantitative estimate of drug-likeness (QED) is 0.554. The first-order chi connectivity index (χ1) is 13.3. The van der Waals surface area contributed by atoms with Gasteiger partial charge in [-0.05, 0) is 48.2 Å². The highest BCUT2D eigenvalue weighted by Crippen LogP contribution is 2.30. The molecule has 146 valence electrons. The average molecular weight is 381 g/mol. The van der Waals surface area contributed by atoms with Gasteiger partial charge in [0.05, 0.1) is 17.5 Å². The number of hydrogen-bond acceptors (Lipinski definition) is 5. The van der Waals surface area contributed by atoms with Crippen molar-refractivity contribution in [3.8, 4) is 5.75 Å². The minimum absolute atomic E-state index is 0.00679. The van der Waals surface area contributed by atoms with Crippen LogP contribution in [0.2, 0.25) is 0 Å². The van der Waals surface area contributed by atoms with Crippen LogP contribution >= 0.6 is 0 Å². The van der Waals surface area contributed by atoms with Crippen molar-refractivity contribution in [2.45, 2.75) is 39.7 Å². The third kappa shape index (κ3) is 3.86. The van der Waals surface area contributed by atoms with E-state index in [4.69, 9.17) is 9.52 Å². The van der Waals surface area contributed by atoms with E-state index < -0.39 is 18.0 Å². The number of anilines is 1. The summed E-state index contributed by atoms with van der Waals surface area (Å²) >= 11 is 0. The Balaban J connectivity index is 1.97. The van der Waals surface area contributed by atoms with Gasteiger partial charge in [0.2, 0.25) is 0 Å². The summed E-state index contributed by atoms with van der Waals surface area (Å²) in [5, 5.41) is 23.2. The summed E-state index contributed by atoms with van der Waals surface area (Å²) in [4.78, 5) is 23.3. The molecule has 6 nitrogen and oxygen atoms in total. The Labute approximate surface area is 162 Å². The minimum Gasteiger partial charge on any atom is -0.507 e. The molecule has 0 fully saturated rings. The smallest absolute Gasteiger partial charge is 0.340 e. The molecule has 2 aromatic carbocycles. The molecule has 0 amide bonds. The lowest BCUT2D eigenvalue weighted by molar-refractivity contribution is -0.136. The molecule has 0 atom stereocenters. The van der Waals surface area contributed by atoms with E-state index in [1.54, 1.807) is 13.0 Å². The van der Waals surface area contributed by atoms with Crippen LogP contribution in [0, 0.1) is 6.92 Å². The number of carboxylic acids is 1. The summed E-state index contributed by atoms with van der Waals surface area (Å²) in [5.74, 6) is -0.652. The molecule has 0 unspecified atom stereocenters. The van der Waals surface area contributed by atoms with Gasteiger partial charge in [-0.15, -0.1) is 0 Å². The van der Waals surface area contributed by atoms with E-state index in [2.05, 4.69) is 19.2 Å². The third-order valence-electron chi connectivity index (χ3n) is 4.91. The largest absolute Gasteiger partial charge is 0.507 e. The van der Waals surface area contributed by atoms with Crippen LogP contribution in [0.15, 0.2) is 45.6 Å². The minimum atomic E-state index is -1.10. The van der Waals surface area contributed by atoms with Gasteiger partial charge < -0.3 is 19.9 Å². The SMILES string of the molecule is Cc1c(CC(=O)O)c(=O)oc2c(CNc3ccc(C(C)C)cc3)c(O)ccc12. The molecule has 0 bridgehead atoms. The Kier molecular flexibility index (Phi) is 5.40. The fourth-order valence-corrected chi connectivity index (χ4v) is 3.20.